The maximum atomic E-state index is 13.6. The fraction of sp³-hybridized carbons (Fsp3) is 0.222. The van der Waals surface area contributed by atoms with Crippen molar-refractivity contribution in [3.05, 3.63) is 58.3 Å². The van der Waals surface area contributed by atoms with Gasteiger partial charge in [0, 0.05) is 4.47 Å². The second-order valence-electron chi connectivity index (χ2n) is 5.08. The monoisotopic (exact) mass is 409 g/mol. The van der Waals surface area contributed by atoms with Crippen molar-refractivity contribution in [2.24, 2.45) is 0 Å². The number of hydrogen-bond donors (Lipinski definition) is 1. The number of carbonyl (C=O) groups excluding carboxylic acids is 2. The lowest BCUT2D eigenvalue weighted by molar-refractivity contribution is -0.149. The van der Waals surface area contributed by atoms with Crippen LogP contribution in [0.3, 0.4) is 0 Å². The summed E-state index contributed by atoms with van der Waals surface area (Å²) in [5.74, 6) is -1.31. The Morgan fingerprint density at radius 1 is 1.16 bits per heavy atom. The molecule has 0 aliphatic carbocycles. The van der Waals surface area contributed by atoms with E-state index in [4.69, 9.17) is 9.47 Å². The summed E-state index contributed by atoms with van der Waals surface area (Å²) in [5, 5.41) is 2.33. The minimum Gasteiger partial charge on any atom is -0.482 e. The van der Waals surface area contributed by atoms with Crippen molar-refractivity contribution in [2.45, 2.75) is 13.3 Å². The van der Waals surface area contributed by atoms with Crippen LogP contribution in [0.1, 0.15) is 12.5 Å². The lowest BCUT2D eigenvalue weighted by atomic mass is 10.1. The van der Waals surface area contributed by atoms with E-state index in [9.17, 15) is 14.0 Å². The minimum absolute atomic E-state index is 0.0115. The van der Waals surface area contributed by atoms with Gasteiger partial charge in [-0.25, -0.2) is 9.18 Å². The van der Waals surface area contributed by atoms with Gasteiger partial charge in [-0.2, -0.15) is 0 Å². The zero-order chi connectivity index (χ0) is 18.2. The van der Waals surface area contributed by atoms with E-state index < -0.39 is 24.3 Å². The maximum absolute atomic E-state index is 13.6. The van der Waals surface area contributed by atoms with Gasteiger partial charge in [-0.1, -0.05) is 41.1 Å². The number of hydrogen-bond acceptors (Lipinski definition) is 4. The molecule has 1 amide bonds. The fourth-order valence-electron chi connectivity index (χ4n) is 2.04. The van der Waals surface area contributed by atoms with Gasteiger partial charge in [0.25, 0.3) is 5.91 Å². The standard InChI is InChI=1S/C18H17BrFNO4/c1-2-12-5-3-4-6-16(12)24-11-18(23)25-10-17(22)21-15-8-7-13(19)9-14(15)20/h3-9H,2,10-11H2,1H3,(H,21,22). The van der Waals surface area contributed by atoms with E-state index in [1.807, 2.05) is 19.1 Å². The van der Waals surface area contributed by atoms with Crippen molar-refractivity contribution in [1.82, 2.24) is 0 Å². The predicted molar refractivity (Wildman–Crippen MR) is 95.0 cm³/mol. The van der Waals surface area contributed by atoms with Gasteiger partial charge in [-0.15, -0.1) is 0 Å². The number of aryl methyl sites for hydroxylation is 1. The van der Waals surface area contributed by atoms with Crippen molar-refractivity contribution in [3.63, 3.8) is 0 Å². The van der Waals surface area contributed by atoms with Crippen molar-refractivity contribution in [3.8, 4) is 5.75 Å². The number of halogens is 2. The normalized spacial score (nSPS) is 10.2. The first-order chi connectivity index (χ1) is 12.0. The van der Waals surface area contributed by atoms with Crippen LogP contribution in [-0.2, 0) is 20.7 Å². The first-order valence-electron chi connectivity index (χ1n) is 7.60. The summed E-state index contributed by atoms with van der Waals surface area (Å²) in [6.07, 6.45) is 0.770. The summed E-state index contributed by atoms with van der Waals surface area (Å²) in [6.45, 7) is 1.15. The zero-order valence-corrected chi connectivity index (χ0v) is 15.1. The van der Waals surface area contributed by atoms with E-state index in [0.717, 1.165) is 12.0 Å². The first kappa shape index (κ1) is 18.9. The average molecular weight is 410 g/mol. The minimum atomic E-state index is -0.683. The van der Waals surface area contributed by atoms with E-state index in [1.54, 1.807) is 18.2 Å². The predicted octanol–water partition coefficient (Wildman–Crippen LogP) is 3.71. The topological polar surface area (TPSA) is 64.6 Å². The number of amides is 1. The summed E-state index contributed by atoms with van der Waals surface area (Å²) in [7, 11) is 0. The number of anilines is 1. The van der Waals surface area contributed by atoms with Gasteiger partial charge in [0.15, 0.2) is 13.2 Å². The van der Waals surface area contributed by atoms with E-state index in [1.165, 1.54) is 12.1 Å². The van der Waals surface area contributed by atoms with Crippen molar-refractivity contribution in [1.29, 1.82) is 0 Å². The summed E-state index contributed by atoms with van der Waals surface area (Å²) >= 11 is 3.12. The molecular formula is C18H17BrFNO4. The van der Waals surface area contributed by atoms with Crippen LogP contribution in [0.5, 0.6) is 5.75 Å². The molecule has 7 heteroatoms. The van der Waals surface area contributed by atoms with Crippen molar-refractivity contribution in [2.75, 3.05) is 18.5 Å². The molecule has 0 saturated heterocycles. The maximum Gasteiger partial charge on any atom is 0.344 e. The molecule has 2 aromatic carbocycles. The van der Waals surface area contributed by atoms with Crippen LogP contribution in [0.15, 0.2) is 46.9 Å². The Kier molecular flexibility index (Phi) is 6.94. The average Bonchev–Trinajstić information content (AvgIpc) is 2.60. The van der Waals surface area contributed by atoms with E-state index >= 15 is 0 Å². The number of esters is 1. The van der Waals surface area contributed by atoms with E-state index in [2.05, 4.69) is 21.2 Å². The molecule has 0 aliphatic rings. The summed E-state index contributed by atoms with van der Waals surface area (Å²) < 4.78 is 24.4. The van der Waals surface area contributed by atoms with Gasteiger partial charge < -0.3 is 14.8 Å². The Hall–Kier alpha value is -2.41. The highest BCUT2D eigenvalue weighted by Gasteiger charge is 2.12. The zero-order valence-electron chi connectivity index (χ0n) is 13.6. The SMILES string of the molecule is CCc1ccccc1OCC(=O)OCC(=O)Nc1ccc(Br)cc1F. The van der Waals surface area contributed by atoms with Gasteiger partial charge in [0.1, 0.15) is 11.6 Å². The first-order valence-corrected chi connectivity index (χ1v) is 8.40. The molecular weight excluding hydrogens is 393 g/mol. The number of benzene rings is 2. The summed E-state index contributed by atoms with van der Waals surface area (Å²) in [5.41, 5.74) is 0.983. The van der Waals surface area contributed by atoms with Crippen LogP contribution < -0.4 is 10.1 Å². The molecule has 0 unspecified atom stereocenters. The molecule has 0 aliphatic heterocycles. The third-order valence-electron chi connectivity index (χ3n) is 3.27. The lowest BCUT2D eigenvalue weighted by Crippen LogP contribution is -2.24. The Morgan fingerprint density at radius 3 is 2.64 bits per heavy atom. The number of ether oxygens (including phenoxy) is 2. The third-order valence-corrected chi connectivity index (χ3v) is 3.76. The molecule has 132 valence electrons. The molecule has 2 aromatic rings. The van der Waals surface area contributed by atoms with Gasteiger partial charge in [-0.3, -0.25) is 4.79 Å². The second kappa shape index (κ2) is 9.17. The third kappa shape index (κ3) is 5.86. The molecule has 0 radical (unpaired) electrons. The van der Waals surface area contributed by atoms with Crippen LogP contribution in [0, 0.1) is 5.82 Å². The molecule has 0 heterocycles. The fourth-order valence-corrected chi connectivity index (χ4v) is 2.37. The van der Waals surface area contributed by atoms with Crippen LogP contribution in [-0.4, -0.2) is 25.1 Å². The highest BCUT2D eigenvalue weighted by atomic mass is 79.9. The Morgan fingerprint density at radius 2 is 1.92 bits per heavy atom. The Balaban J connectivity index is 1.78. The molecule has 2 rings (SSSR count). The molecule has 0 bridgehead atoms. The van der Waals surface area contributed by atoms with E-state index in [-0.39, 0.29) is 12.3 Å². The number of rotatable bonds is 7. The van der Waals surface area contributed by atoms with Crippen LogP contribution in [0.2, 0.25) is 0 Å². The lowest BCUT2D eigenvalue weighted by Gasteiger charge is -2.10. The molecule has 0 atom stereocenters. The van der Waals surface area contributed by atoms with Crippen LogP contribution in [0.25, 0.3) is 0 Å². The van der Waals surface area contributed by atoms with E-state index in [0.29, 0.717) is 10.2 Å². The number of para-hydroxylation sites is 1. The molecule has 1 N–H and O–H groups in total. The second-order valence-corrected chi connectivity index (χ2v) is 6.00. The molecule has 0 saturated carbocycles. The summed E-state index contributed by atoms with van der Waals surface area (Å²) in [6, 6.07) is 11.6. The molecule has 25 heavy (non-hydrogen) atoms. The van der Waals surface area contributed by atoms with Gasteiger partial charge in [-0.05, 0) is 36.2 Å². The Labute approximate surface area is 153 Å². The van der Waals surface area contributed by atoms with Gasteiger partial charge in [0.05, 0.1) is 5.69 Å². The number of nitrogens with one attached hydrogen (secondary N) is 1. The highest BCUT2D eigenvalue weighted by Crippen LogP contribution is 2.19. The Bertz CT molecular complexity index is 766. The quantitative estimate of drug-likeness (QED) is 0.707. The molecule has 0 spiro atoms. The molecule has 0 aromatic heterocycles. The van der Waals surface area contributed by atoms with Crippen LogP contribution >= 0.6 is 15.9 Å². The summed E-state index contributed by atoms with van der Waals surface area (Å²) in [4.78, 5) is 23.4. The molecule has 0 fully saturated rings. The van der Waals surface area contributed by atoms with Crippen molar-refractivity contribution < 1.29 is 23.5 Å². The van der Waals surface area contributed by atoms with Gasteiger partial charge >= 0.3 is 5.97 Å². The highest BCUT2D eigenvalue weighted by molar-refractivity contribution is 9.10. The smallest absolute Gasteiger partial charge is 0.344 e. The van der Waals surface area contributed by atoms with Crippen LogP contribution in [0.4, 0.5) is 10.1 Å². The van der Waals surface area contributed by atoms with Gasteiger partial charge in [0.2, 0.25) is 0 Å². The van der Waals surface area contributed by atoms with Crippen molar-refractivity contribution >= 4 is 33.5 Å². The largest absolute Gasteiger partial charge is 0.482 e. The molecule has 5 nitrogen and oxygen atoms in total. The number of carbonyl (C=O) groups is 2.